The molecule has 29 heavy (non-hydrogen) atoms. The fourth-order valence-corrected chi connectivity index (χ4v) is 3.40. The number of para-hydroxylation sites is 1. The number of hydrogen-bond acceptors (Lipinski definition) is 4. The van der Waals surface area contributed by atoms with Crippen molar-refractivity contribution in [3.05, 3.63) is 64.4 Å². The second kappa shape index (κ2) is 8.52. The number of carbonyl (C=O) groups is 2. The second-order valence-corrected chi connectivity index (χ2v) is 7.72. The Kier molecular flexibility index (Phi) is 6.06. The molecule has 1 heterocycles. The van der Waals surface area contributed by atoms with E-state index in [-0.39, 0.29) is 24.9 Å². The minimum absolute atomic E-state index is 0.0599. The average molecular weight is 393 g/mol. The Morgan fingerprint density at radius 3 is 2.55 bits per heavy atom. The Balaban J connectivity index is 1.62. The van der Waals surface area contributed by atoms with Gasteiger partial charge in [0, 0.05) is 16.6 Å². The number of rotatable bonds is 6. The summed E-state index contributed by atoms with van der Waals surface area (Å²) < 4.78 is 10.8. The van der Waals surface area contributed by atoms with Gasteiger partial charge in [0.25, 0.3) is 5.91 Å². The smallest absolute Gasteiger partial charge is 0.310 e. The van der Waals surface area contributed by atoms with Gasteiger partial charge in [-0.2, -0.15) is 0 Å². The van der Waals surface area contributed by atoms with Gasteiger partial charge in [-0.3, -0.25) is 9.59 Å². The molecular formula is C24H27NO4. The summed E-state index contributed by atoms with van der Waals surface area (Å²) in [7, 11) is 0. The lowest BCUT2D eigenvalue weighted by molar-refractivity contribution is -0.146. The van der Waals surface area contributed by atoms with Crippen LogP contribution in [0.3, 0.4) is 0 Å². The number of hydrogen-bond donors (Lipinski definition) is 1. The van der Waals surface area contributed by atoms with Gasteiger partial charge in [0.2, 0.25) is 0 Å². The minimum Gasteiger partial charge on any atom is -0.464 e. The Morgan fingerprint density at radius 1 is 1.07 bits per heavy atom. The molecule has 3 aromatic rings. The largest absolute Gasteiger partial charge is 0.464 e. The van der Waals surface area contributed by atoms with Gasteiger partial charge in [0.05, 0.1) is 12.7 Å². The number of esters is 1. The number of ether oxygens (including phenoxy) is 1. The van der Waals surface area contributed by atoms with Crippen LogP contribution in [0.4, 0.5) is 5.69 Å². The molecule has 5 nitrogen and oxygen atoms in total. The van der Waals surface area contributed by atoms with Crippen LogP contribution in [0.25, 0.3) is 11.0 Å². The first-order chi connectivity index (χ1) is 13.8. The van der Waals surface area contributed by atoms with Crippen molar-refractivity contribution in [1.29, 1.82) is 0 Å². The number of fused-ring (bicyclic) bond motifs is 1. The van der Waals surface area contributed by atoms with Gasteiger partial charge in [0.1, 0.15) is 5.58 Å². The Bertz CT molecular complexity index is 1060. The summed E-state index contributed by atoms with van der Waals surface area (Å²) >= 11 is 0. The normalized spacial score (nSPS) is 11.1. The topological polar surface area (TPSA) is 68.5 Å². The number of anilines is 1. The average Bonchev–Trinajstić information content (AvgIpc) is 3.08. The summed E-state index contributed by atoms with van der Waals surface area (Å²) in [6.07, 6.45) is 1.64. The van der Waals surface area contributed by atoms with Gasteiger partial charge in [-0.15, -0.1) is 0 Å². The fourth-order valence-electron chi connectivity index (χ4n) is 3.40. The van der Waals surface area contributed by atoms with Crippen molar-refractivity contribution in [2.75, 3.05) is 11.9 Å². The molecule has 1 aromatic heterocycles. The maximum absolute atomic E-state index is 12.3. The molecule has 0 bridgehead atoms. The van der Waals surface area contributed by atoms with E-state index in [4.69, 9.17) is 9.15 Å². The van der Waals surface area contributed by atoms with E-state index >= 15 is 0 Å². The molecule has 0 atom stereocenters. The van der Waals surface area contributed by atoms with Crippen LogP contribution in [0.5, 0.6) is 0 Å². The minimum atomic E-state index is -0.463. The van der Waals surface area contributed by atoms with Crippen LogP contribution >= 0.6 is 0 Å². The standard InChI is InChI=1S/C24H27NO4/c1-14(2)19-8-6-7-16(4)23(19)25-21(26)13-28-22(27)11-18-12-29-24-17(5)15(3)9-10-20(18)24/h6-10,12,14H,11,13H2,1-5H3,(H,25,26). The van der Waals surface area contributed by atoms with Crippen molar-refractivity contribution in [3.8, 4) is 0 Å². The van der Waals surface area contributed by atoms with Gasteiger partial charge in [-0.05, 0) is 48.9 Å². The summed E-state index contributed by atoms with van der Waals surface area (Å²) in [5, 5.41) is 3.78. The monoisotopic (exact) mass is 393 g/mol. The highest BCUT2D eigenvalue weighted by Crippen LogP contribution is 2.28. The molecule has 2 aromatic carbocycles. The Labute approximate surface area is 171 Å². The van der Waals surface area contributed by atoms with Crippen molar-refractivity contribution in [2.24, 2.45) is 0 Å². The Morgan fingerprint density at radius 2 is 1.83 bits per heavy atom. The maximum Gasteiger partial charge on any atom is 0.310 e. The van der Waals surface area contributed by atoms with Crippen molar-refractivity contribution in [3.63, 3.8) is 0 Å². The molecule has 0 aliphatic carbocycles. The van der Waals surface area contributed by atoms with Crippen molar-refractivity contribution < 1.29 is 18.7 Å². The molecule has 152 valence electrons. The zero-order valence-corrected chi connectivity index (χ0v) is 17.6. The third-order valence-electron chi connectivity index (χ3n) is 5.23. The lowest BCUT2D eigenvalue weighted by Crippen LogP contribution is -2.22. The van der Waals surface area contributed by atoms with Crippen molar-refractivity contribution in [2.45, 2.75) is 47.0 Å². The molecule has 0 unspecified atom stereocenters. The molecule has 1 amide bonds. The van der Waals surface area contributed by atoms with E-state index in [1.165, 1.54) is 0 Å². The number of amides is 1. The van der Waals surface area contributed by atoms with Gasteiger partial charge in [-0.1, -0.05) is 44.2 Å². The van der Waals surface area contributed by atoms with E-state index in [2.05, 4.69) is 19.2 Å². The van der Waals surface area contributed by atoms with Crippen molar-refractivity contribution >= 4 is 28.5 Å². The molecule has 3 rings (SSSR count). The molecule has 0 saturated carbocycles. The van der Waals surface area contributed by atoms with Crippen LogP contribution in [-0.4, -0.2) is 18.5 Å². The van der Waals surface area contributed by atoms with E-state index < -0.39 is 5.97 Å². The lowest BCUT2D eigenvalue weighted by Gasteiger charge is -2.16. The first-order valence-corrected chi connectivity index (χ1v) is 9.79. The molecule has 0 aliphatic heterocycles. The van der Waals surface area contributed by atoms with Crippen molar-refractivity contribution in [1.82, 2.24) is 0 Å². The van der Waals surface area contributed by atoms with E-state index in [0.29, 0.717) is 0 Å². The van der Waals surface area contributed by atoms with Gasteiger partial charge in [0.15, 0.2) is 6.61 Å². The SMILES string of the molecule is Cc1cccc(C(C)C)c1NC(=O)COC(=O)Cc1coc2c(C)c(C)ccc12. The predicted octanol–water partition coefficient (Wildman–Crippen LogP) is 5.21. The lowest BCUT2D eigenvalue weighted by atomic mass is 9.98. The quantitative estimate of drug-likeness (QED) is 0.584. The zero-order valence-electron chi connectivity index (χ0n) is 17.6. The predicted molar refractivity (Wildman–Crippen MR) is 114 cm³/mol. The first kappa shape index (κ1) is 20.6. The summed E-state index contributed by atoms with van der Waals surface area (Å²) in [6, 6.07) is 9.86. The molecule has 0 aliphatic rings. The first-order valence-electron chi connectivity index (χ1n) is 9.79. The molecule has 0 radical (unpaired) electrons. The van der Waals surface area contributed by atoms with Crippen LogP contribution in [-0.2, 0) is 20.7 Å². The summed E-state index contributed by atoms with van der Waals surface area (Å²) in [5.41, 5.74) is 6.55. The zero-order chi connectivity index (χ0) is 21.1. The van der Waals surface area contributed by atoms with Crippen LogP contribution < -0.4 is 5.32 Å². The fraction of sp³-hybridized carbons (Fsp3) is 0.333. The number of furan rings is 1. The molecule has 0 spiro atoms. The highest BCUT2D eigenvalue weighted by atomic mass is 16.5. The van der Waals surface area contributed by atoms with Crippen LogP contribution in [0, 0.1) is 20.8 Å². The van der Waals surface area contributed by atoms with Crippen LogP contribution in [0.2, 0.25) is 0 Å². The third kappa shape index (κ3) is 4.50. The Hall–Kier alpha value is -3.08. The highest BCUT2D eigenvalue weighted by molar-refractivity contribution is 5.95. The summed E-state index contributed by atoms with van der Waals surface area (Å²) in [5.74, 6) is -0.540. The van der Waals surface area contributed by atoms with Gasteiger partial charge < -0.3 is 14.5 Å². The summed E-state index contributed by atoms with van der Waals surface area (Å²) in [6.45, 7) is 9.78. The molecular weight excluding hydrogens is 366 g/mol. The summed E-state index contributed by atoms with van der Waals surface area (Å²) in [4.78, 5) is 24.6. The van der Waals surface area contributed by atoms with Gasteiger partial charge in [-0.25, -0.2) is 0 Å². The van der Waals surface area contributed by atoms with E-state index in [0.717, 1.165) is 44.5 Å². The van der Waals surface area contributed by atoms with Gasteiger partial charge >= 0.3 is 5.97 Å². The van der Waals surface area contributed by atoms with E-state index in [1.54, 1.807) is 6.26 Å². The molecule has 0 fully saturated rings. The molecule has 5 heteroatoms. The second-order valence-electron chi connectivity index (χ2n) is 7.72. The number of benzene rings is 2. The highest BCUT2D eigenvalue weighted by Gasteiger charge is 2.16. The number of nitrogens with one attached hydrogen (secondary N) is 1. The van der Waals surface area contributed by atoms with Crippen LogP contribution in [0.15, 0.2) is 41.0 Å². The number of carbonyl (C=O) groups excluding carboxylic acids is 2. The molecule has 0 saturated heterocycles. The van der Waals surface area contributed by atoms with E-state index in [9.17, 15) is 9.59 Å². The number of aryl methyl sites for hydroxylation is 3. The third-order valence-corrected chi connectivity index (χ3v) is 5.23. The van der Waals surface area contributed by atoms with Crippen LogP contribution in [0.1, 0.15) is 47.6 Å². The van der Waals surface area contributed by atoms with E-state index in [1.807, 2.05) is 51.1 Å². The molecule has 1 N–H and O–H groups in total. The maximum atomic E-state index is 12.3.